The number of nitrogens with two attached hydrogens (primary N) is 10. The van der Waals surface area contributed by atoms with Gasteiger partial charge in [-0.1, -0.05) is 100 Å². The van der Waals surface area contributed by atoms with E-state index in [1.807, 2.05) is 33.8 Å². The van der Waals surface area contributed by atoms with Crippen LogP contribution in [0.15, 0.2) is 40.4 Å². The van der Waals surface area contributed by atoms with Gasteiger partial charge in [0, 0.05) is 56.0 Å². The molecule has 1 aromatic carbocycles. The molecule has 129 heavy (non-hydrogen) atoms. The molecule has 0 radical (unpaired) electrons. The topological polar surface area (TPSA) is 751 Å². The molecule has 1 aliphatic heterocycles. The van der Waals surface area contributed by atoms with Crippen molar-refractivity contribution < 1.29 is 81.5 Å². The third-order valence-corrected chi connectivity index (χ3v) is 22.1. The van der Waals surface area contributed by atoms with Crippen molar-refractivity contribution in [1.29, 1.82) is 0 Å². The number of hydrogen-bond donors (Lipinski definition) is 24. The van der Waals surface area contributed by atoms with Crippen molar-refractivity contribution in [3.63, 3.8) is 0 Å². The van der Waals surface area contributed by atoms with Gasteiger partial charge in [0.05, 0.1) is 6.54 Å². The summed E-state index contributed by atoms with van der Waals surface area (Å²) in [6.07, 6.45) is 2.29. The summed E-state index contributed by atoms with van der Waals surface area (Å²) in [6.45, 7) is 19.5. The van der Waals surface area contributed by atoms with Crippen LogP contribution in [-0.4, -0.2) is 246 Å². The summed E-state index contributed by atoms with van der Waals surface area (Å²) >= 11 is 0. The van der Waals surface area contributed by atoms with Gasteiger partial charge in [0.15, 0.2) is 11.9 Å². The van der Waals surface area contributed by atoms with E-state index in [0.717, 1.165) is 0 Å². The number of likely N-dealkylation sites (tertiary alicyclic amines) is 1. The first-order valence-corrected chi connectivity index (χ1v) is 44.8. The number of nitrogens with one attached hydrogen (secondary N) is 14. The number of aromatic nitrogens is 1. The number of rotatable bonds is 62. The van der Waals surface area contributed by atoms with Gasteiger partial charge in [-0.05, 0) is 170 Å². The Labute approximate surface area is 754 Å². The Hall–Kier alpha value is -11.8. The van der Waals surface area contributed by atoms with Gasteiger partial charge in [-0.25, -0.2) is 0 Å². The number of hydrogen-bond acceptors (Lipinski definition) is 22. The van der Waals surface area contributed by atoms with Crippen molar-refractivity contribution in [2.75, 3.05) is 39.3 Å². The maximum absolute atomic E-state index is 15.4. The Kier molecular flexibility index (Phi) is 50.0. The van der Waals surface area contributed by atoms with Gasteiger partial charge in [-0.2, -0.15) is 0 Å². The Morgan fingerprint density at radius 2 is 0.791 bits per heavy atom. The minimum absolute atomic E-state index is 0.00164. The number of aliphatic imine (C=N–C) groups is 2. The fraction of sp³-hybridized carbons (Fsp3) is 0.682. The van der Waals surface area contributed by atoms with Crippen LogP contribution >= 0.6 is 0 Å². The first kappa shape index (κ1) is 111. The molecule has 1 aliphatic rings. The van der Waals surface area contributed by atoms with E-state index in [0.29, 0.717) is 42.1 Å². The quantitative estimate of drug-likeness (QED) is 0.0169. The smallest absolute Gasteiger partial charge is 0.245 e. The van der Waals surface area contributed by atoms with Crippen LogP contribution in [-0.2, 0) is 87.9 Å². The van der Waals surface area contributed by atoms with E-state index in [1.165, 1.54) is 11.8 Å². The normalized spacial score (nSPS) is 16.0. The number of carbonyl (C=O) groups excluding carboxylic acids is 17. The summed E-state index contributed by atoms with van der Waals surface area (Å²) in [5.74, 6) is -16.3. The van der Waals surface area contributed by atoms with E-state index < -0.39 is 210 Å². The van der Waals surface area contributed by atoms with Crippen LogP contribution in [0.3, 0.4) is 0 Å². The zero-order valence-corrected chi connectivity index (χ0v) is 76.7. The number of guanidine groups is 2. The largest absolute Gasteiger partial charge is 0.370 e. The number of unbranched alkanes of at least 4 members (excludes halogenated alkanes) is 2. The zero-order chi connectivity index (χ0) is 96.9. The van der Waals surface area contributed by atoms with E-state index in [-0.39, 0.29) is 172 Å². The minimum atomic E-state index is -1.60. The second-order valence-electron chi connectivity index (χ2n) is 34.4. The predicted molar refractivity (Wildman–Crippen MR) is 486 cm³/mol. The van der Waals surface area contributed by atoms with Gasteiger partial charge in [0.25, 0.3) is 0 Å². The molecule has 1 aromatic heterocycles. The average Bonchev–Trinajstić information content (AvgIpc) is 1.70. The molecule has 0 aliphatic carbocycles. The van der Waals surface area contributed by atoms with Crippen molar-refractivity contribution in [3.8, 4) is 0 Å². The number of aromatic amines is 1. The molecule has 1 fully saturated rings. The number of primary amides is 3. The maximum atomic E-state index is 15.4. The number of H-pyrrole nitrogens is 1. The lowest BCUT2D eigenvalue weighted by molar-refractivity contribution is -0.142. The van der Waals surface area contributed by atoms with Crippen molar-refractivity contribution in [2.45, 2.75) is 302 Å². The highest BCUT2D eigenvalue weighted by atomic mass is 16.2. The lowest BCUT2D eigenvalue weighted by Gasteiger charge is -2.31. The van der Waals surface area contributed by atoms with E-state index in [2.05, 4.69) is 84.1 Å². The summed E-state index contributed by atoms with van der Waals surface area (Å²) in [5.41, 5.74) is 57.4. The summed E-state index contributed by atoms with van der Waals surface area (Å²) in [4.78, 5) is 251. The molecule has 16 atom stereocenters. The molecular weight excluding hydrogens is 1670 g/mol. The Morgan fingerprint density at radius 3 is 1.21 bits per heavy atom. The summed E-state index contributed by atoms with van der Waals surface area (Å²) in [7, 11) is 0. The predicted octanol–water partition coefficient (Wildman–Crippen LogP) is -4.41. The van der Waals surface area contributed by atoms with Crippen LogP contribution in [0.4, 0.5) is 0 Å². The number of para-hydroxylation sites is 1. The van der Waals surface area contributed by atoms with E-state index >= 15 is 19.2 Å². The minimum Gasteiger partial charge on any atom is -0.370 e. The number of nitrogens with zero attached hydrogens (tertiary/aromatic N) is 3. The zero-order valence-electron chi connectivity index (χ0n) is 76.7. The van der Waals surface area contributed by atoms with Crippen LogP contribution in [0, 0.1) is 29.6 Å². The Bertz CT molecular complexity index is 4110. The molecule has 44 heteroatoms. The van der Waals surface area contributed by atoms with Crippen LogP contribution in [0.1, 0.15) is 217 Å². The highest BCUT2D eigenvalue weighted by Crippen LogP contribution is 2.24. The fourth-order valence-corrected chi connectivity index (χ4v) is 14.5. The molecule has 1 saturated heterocycles. The second kappa shape index (κ2) is 57.9. The molecular formula is C85H147N27O17. The average molecular weight is 1820 g/mol. The summed E-state index contributed by atoms with van der Waals surface area (Å²) < 4.78 is 0. The molecule has 44 nitrogen and oxygen atoms in total. The van der Waals surface area contributed by atoms with Crippen LogP contribution in [0.25, 0.3) is 10.9 Å². The number of amides is 17. The molecule has 34 N–H and O–H groups in total. The molecule has 17 amide bonds. The van der Waals surface area contributed by atoms with Gasteiger partial charge in [0.2, 0.25) is 100 Å². The van der Waals surface area contributed by atoms with E-state index in [1.54, 1.807) is 65.9 Å². The highest BCUT2D eigenvalue weighted by Gasteiger charge is 2.42. The molecule has 0 spiro atoms. The third-order valence-electron chi connectivity index (χ3n) is 22.1. The van der Waals surface area contributed by atoms with Gasteiger partial charge < -0.3 is 136 Å². The molecule has 0 saturated carbocycles. The lowest BCUT2D eigenvalue weighted by Crippen LogP contribution is -2.62. The summed E-state index contributed by atoms with van der Waals surface area (Å²) in [5, 5.41) is 35.9. The monoisotopic (exact) mass is 1820 g/mol. The first-order valence-electron chi connectivity index (χ1n) is 44.8. The van der Waals surface area contributed by atoms with Crippen molar-refractivity contribution in [2.24, 2.45) is 96.9 Å². The van der Waals surface area contributed by atoms with Gasteiger partial charge in [-0.15, -0.1) is 0 Å². The molecule has 2 aromatic rings. The lowest BCUT2D eigenvalue weighted by atomic mass is 9.95. The van der Waals surface area contributed by atoms with Crippen LogP contribution in [0.5, 0.6) is 0 Å². The standard InChI is InChI=1S/C85H147N27O17/c1-12-48(9)68(81(127)106-56(26-17-19-35-87)73(119)104-57(27-20-36-96-84(92)93)74(120)102-55(25-16-18-34-86)72(118)103-58(28-21-37-97-85(94)95)75(121)105-59(31-33-66(90)114)76(122)101-54(70(91)116)30-32-65(89)113)111-79(125)62(42-51-44-98-53-24-15-14-23-52(51)53)108-77(123)60(39-45(3)4)109-82(128)69(49(10)13-2)110-78(124)61(40-46(5)6)107-71(117)50(11)99-80(126)64-29-22-38-112(64)83(129)63(41-47(7)8)100-67(115)43-88/h14-15,23-24,44-50,54-64,68-69,98H,12-13,16-22,25-43,86-88H2,1-11H3,(H2,89,113)(H2,90,114)(H2,91,116)(H,99,126)(H,100,115)(H,101,122)(H,102,120)(H,103,118)(H,104,119)(H,105,121)(H,106,127)(H,107,117)(H,108,123)(H,109,128)(H,110,124)(H,111,125)(H4,92,93,96)(H4,94,95,97)/t48-,49-,50-,54-,55-,56-,57-,58-,59-,60-,61-,62-,63-,64-,68-,69-/m0/s1. The third kappa shape index (κ3) is 40.2. The van der Waals surface area contributed by atoms with Gasteiger partial charge >= 0.3 is 0 Å². The first-order chi connectivity index (χ1) is 60.9. The van der Waals surface area contributed by atoms with E-state index in [9.17, 15) is 62.3 Å². The second-order valence-corrected chi connectivity index (χ2v) is 34.4. The van der Waals surface area contributed by atoms with Crippen molar-refractivity contribution >= 4 is 123 Å². The molecule has 0 bridgehead atoms. The Balaban J connectivity index is 2.07. The molecule has 3 rings (SSSR count). The van der Waals surface area contributed by atoms with E-state index in [4.69, 9.17) is 57.3 Å². The highest BCUT2D eigenvalue weighted by molar-refractivity contribution is 6.01. The van der Waals surface area contributed by atoms with Crippen LogP contribution < -0.4 is 126 Å². The number of carbonyl (C=O) groups is 17. The Morgan fingerprint density at radius 1 is 0.419 bits per heavy atom. The summed E-state index contributed by atoms with van der Waals surface area (Å²) in [6, 6.07) is -11.8. The number of fused-ring (bicyclic) bond motifs is 1. The molecule has 2 heterocycles. The van der Waals surface area contributed by atoms with Crippen molar-refractivity contribution in [1.82, 2.24) is 79.0 Å². The van der Waals surface area contributed by atoms with Crippen molar-refractivity contribution in [3.05, 3.63) is 36.0 Å². The molecule has 724 valence electrons. The SMILES string of the molecule is CC[C@H](C)[C@H](NC(=O)[C@H](CC(C)C)NC(=O)[C@H](C)NC(=O)[C@@H]1CCCN1C(=O)[C@H](CC(C)C)NC(=O)CN)C(=O)N[C@@H](CC(C)C)C(=O)N[C@@H](Cc1c[nH]c2ccccc12)C(=O)N[C@H](C(=O)N[C@@H](CCCCN)C(=O)N[C@@H](CCCN=C(N)N)C(=O)N[C@@H](CCCCN)C(=O)N[C@@H](CCCN=C(N)N)C(=O)N[C@@H](CCC(N)=O)C(=O)N[C@@H](CCC(N)=O)C(N)=O)[C@@H](C)CC. The van der Waals surface area contributed by atoms with Crippen LogP contribution in [0.2, 0.25) is 0 Å². The van der Waals surface area contributed by atoms with Gasteiger partial charge in [-0.3, -0.25) is 91.5 Å². The number of benzene rings is 1. The van der Waals surface area contributed by atoms with Gasteiger partial charge in [0.1, 0.15) is 84.6 Å². The molecule has 0 unspecified atom stereocenters. The maximum Gasteiger partial charge on any atom is 0.245 e. The fourth-order valence-electron chi connectivity index (χ4n) is 14.5.